The molecule has 3 heterocycles. The lowest BCUT2D eigenvalue weighted by molar-refractivity contribution is -0.0392. The van der Waals surface area contributed by atoms with E-state index in [1.54, 1.807) is 11.8 Å². The highest BCUT2D eigenvalue weighted by Crippen LogP contribution is 2.44. The SMILES string of the molecule is COC1CC(C2COc3c(S(N)(=O)=NC(=O)Nc4c(C)c(C5CC5)nc5c4CCC5)cnn3C2)C1. The number of nitrogens with two attached hydrogens (primary N) is 1. The number of nitrogens with one attached hydrogen (secondary N) is 1. The summed E-state index contributed by atoms with van der Waals surface area (Å²) in [5.41, 5.74) is 4.90. The molecule has 10 nitrogen and oxygen atoms in total. The van der Waals surface area contributed by atoms with Crippen molar-refractivity contribution in [1.82, 2.24) is 14.8 Å². The predicted molar refractivity (Wildman–Crippen MR) is 130 cm³/mol. The Kier molecular flexibility index (Phi) is 5.61. The first kappa shape index (κ1) is 22.9. The van der Waals surface area contributed by atoms with Crippen LogP contribution in [0.1, 0.15) is 60.5 Å². The van der Waals surface area contributed by atoms with Crippen LogP contribution in [0.3, 0.4) is 0 Å². The van der Waals surface area contributed by atoms with Crippen molar-refractivity contribution in [3.05, 3.63) is 28.7 Å². The van der Waals surface area contributed by atoms with Gasteiger partial charge in [-0.05, 0) is 68.9 Å². The van der Waals surface area contributed by atoms with Crippen LogP contribution in [0.25, 0.3) is 0 Å². The van der Waals surface area contributed by atoms with Crippen molar-refractivity contribution >= 4 is 21.6 Å². The van der Waals surface area contributed by atoms with Crippen molar-refractivity contribution < 1.29 is 18.5 Å². The lowest BCUT2D eigenvalue weighted by Crippen LogP contribution is -2.41. The van der Waals surface area contributed by atoms with E-state index in [1.807, 2.05) is 6.92 Å². The van der Waals surface area contributed by atoms with Crippen LogP contribution < -0.4 is 15.2 Å². The van der Waals surface area contributed by atoms with Crippen LogP contribution in [0, 0.1) is 18.8 Å². The number of nitrogens with zero attached hydrogens (tertiary/aromatic N) is 4. The van der Waals surface area contributed by atoms with Gasteiger partial charge < -0.3 is 14.8 Å². The largest absolute Gasteiger partial charge is 0.477 e. The van der Waals surface area contributed by atoms with E-state index < -0.39 is 15.9 Å². The monoisotopic (exact) mass is 500 g/mol. The summed E-state index contributed by atoms with van der Waals surface area (Å²) in [5, 5.41) is 13.3. The normalized spacial score (nSPS) is 26.7. The first-order chi connectivity index (χ1) is 16.8. The molecular weight excluding hydrogens is 468 g/mol. The molecule has 2 aromatic rings. The predicted octanol–water partition coefficient (Wildman–Crippen LogP) is 3.32. The summed E-state index contributed by atoms with van der Waals surface area (Å²) in [7, 11) is -1.80. The molecule has 3 N–H and O–H groups in total. The fourth-order valence-electron chi connectivity index (χ4n) is 5.69. The van der Waals surface area contributed by atoms with Crippen LogP contribution in [0.4, 0.5) is 10.5 Å². The molecule has 0 spiro atoms. The maximum Gasteiger partial charge on any atom is 0.354 e. The van der Waals surface area contributed by atoms with Gasteiger partial charge in [-0.15, -0.1) is 4.36 Å². The summed E-state index contributed by atoms with van der Waals surface area (Å²) >= 11 is 0. The van der Waals surface area contributed by atoms with Gasteiger partial charge in [0.25, 0.3) is 0 Å². The molecule has 188 valence electrons. The number of anilines is 1. The number of urea groups is 1. The summed E-state index contributed by atoms with van der Waals surface area (Å²) < 4.78 is 30.3. The fourth-order valence-corrected chi connectivity index (χ4v) is 6.70. The Morgan fingerprint density at radius 1 is 1.31 bits per heavy atom. The molecule has 2 saturated carbocycles. The molecule has 1 aliphatic heterocycles. The standard InChI is InChI=1S/C24H32N6O4S/c1-13-21(14-6-7-14)27-19-5-3-4-18(19)22(13)28-24(31)29-35(25,32)20-10-26-30-11-16(12-34-23(20)30)15-8-17(9-15)33-2/h10,14-17H,3-9,11-12H2,1-2H3,(H3,25,27,28,29,31,32). The number of hydrogen-bond donors (Lipinski definition) is 2. The first-order valence-electron chi connectivity index (χ1n) is 12.4. The van der Waals surface area contributed by atoms with Crippen LogP contribution in [-0.2, 0) is 34.0 Å². The van der Waals surface area contributed by atoms with Crippen LogP contribution in [-0.4, -0.2) is 44.8 Å². The molecule has 2 atom stereocenters. The van der Waals surface area contributed by atoms with Gasteiger partial charge in [0.1, 0.15) is 4.90 Å². The molecule has 35 heavy (non-hydrogen) atoms. The maximum absolute atomic E-state index is 13.4. The molecular formula is C24H32N6O4S. The van der Waals surface area contributed by atoms with Gasteiger partial charge in [-0.25, -0.2) is 18.8 Å². The maximum atomic E-state index is 13.4. The number of carbonyl (C=O) groups is 1. The molecule has 2 amide bonds. The Labute approximate surface area is 205 Å². The zero-order chi connectivity index (χ0) is 24.3. The third-order valence-electron chi connectivity index (χ3n) is 7.97. The number of amides is 2. The third-order valence-corrected chi connectivity index (χ3v) is 9.31. The highest BCUT2D eigenvalue weighted by atomic mass is 32.2. The minimum Gasteiger partial charge on any atom is -0.477 e. The third kappa shape index (κ3) is 4.13. The van der Waals surface area contributed by atoms with E-state index in [-0.39, 0.29) is 4.90 Å². The quantitative estimate of drug-likeness (QED) is 0.647. The summed E-state index contributed by atoms with van der Waals surface area (Å²) in [6.07, 6.45) is 8.80. The molecule has 0 aromatic carbocycles. The number of methoxy groups -OCH3 is 1. The minimum absolute atomic E-state index is 0.157. The van der Waals surface area contributed by atoms with Crippen molar-refractivity contribution in [2.75, 3.05) is 19.0 Å². The number of aryl methyl sites for hydroxylation is 1. The van der Waals surface area contributed by atoms with E-state index in [9.17, 15) is 9.00 Å². The number of aromatic nitrogens is 3. The average molecular weight is 501 g/mol. The number of pyridine rings is 1. The number of fused-ring (bicyclic) bond motifs is 2. The summed E-state index contributed by atoms with van der Waals surface area (Å²) in [5.74, 6) is 1.63. The van der Waals surface area contributed by atoms with E-state index in [0.717, 1.165) is 73.1 Å². The van der Waals surface area contributed by atoms with Gasteiger partial charge in [0.15, 0.2) is 9.92 Å². The minimum atomic E-state index is -3.54. The lowest BCUT2D eigenvalue weighted by atomic mass is 9.73. The summed E-state index contributed by atoms with van der Waals surface area (Å²) in [6, 6.07) is -0.726. The van der Waals surface area contributed by atoms with Gasteiger partial charge >= 0.3 is 6.03 Å². The van der Waals surface area contributed by atoms with Gasteiger partial charge in [0.05, 0.1) is 31.1 Å². The van der Waals surface area contributed by atoms with Gasteiger partial charge in [0.2, 0.25) is 5.88 Å². The topological polar surface area (TPSA) is 134 Å². The molecule has 0 bridgehead atoms. The summed E-state index contributed by atoms with van der Waals surface area (Å²) in [4.78, 5) is 18.0. The van der Waals surface area contributed by atoms with E-state index >= 15 is 0 Å². The van der Waals surface area contributed by atoms with Crippen molar-refractivity contribution in [1.29, 1.82) is 0 Å². The van der Waals surface area contributed by atoms with Crippen molar-refractivity contribution in [3.63, 3.8) is 0 Å². The van der Waals surface area contributed by atoms with Crippen molar-refractivity contribution in [2.45, 2.75) is 75.3 Å². The number of rotatable bonds is 5. The Bertz CT molecular complexity index is 1300. The fraction of sp³-hybridized carbons (Fsp3) is 0.625. The van der Waals surface area contributed by atoms with E-state index in [4.69, 9.17) is 19.6 Å². The molecule has 0 saturated heterocycles. The van der Waals surface area contributed by atoms with Gasteiger partial charge in [0, 0.05) is 30.3 Å². The zero-order valence-corrected chi connectivity index (χ0v) is 21.0. The second-order valence-electron chi connectivity index (χ2n) is 10.3. The molecule has 11 heteroatoms. The Morgan fingerprint density at radius 3 is 2.86 bits per heavy atom. The zero-order valence-electron chi connectivity index (χ0n) is 20.2. The first-order valence-corrected chi connectivity index (χ1v) is 14.0. The highest BCUT2D eigenvalue weighted by molar-refractivity contribution is 7.91. The van der Waals surface area contributed by atoms with Crippen LogP contribution in [0.2, 0.25) is 0 Å². The second kappa shape index (κ2) is 8.56. The van der Waals surface area contributed by atoms with Crippen molar-refractivity contribution in [3.8, 4) is 5.88 Å². The van der Waals surface area contributed by atoms with E-state index in [0.29, 0.717) is 42.9 Å². The van der Waals surface area contributed by atoms with Gasteiger partial charge in [-0.3, -0.25) is 4.98 Å². The molecule has 4 aliphatic rings. The molecule has 0 radical (unpaired) electrons. The Morgan fingerprint density at radius 2 is 2.11 bits per heavy atom. The molecule has 3 aliphatic carbocycles. The Hall–Kier alpha value is -2.50. The van der Waals surface area contributed by atoms with Crippen LogP contribution in [0.5, 0.6) is 5.88 Å². The second-order valence-corrected chi connectivity index (χ2v) is 12.1. The molecule has 2 fully saturated rings. The van der Waals surface area contributed by atoms with Gasteiger partial charge in [-0.1, -0.05) is 0 Å². The number of ether oxygens (including phenoxy) is 2. The molecule has 2 unspecified atom stereocenters. The Balaban J connectivity index is 1.22. The molecule has 2 aromatic heterocycles. The average Bonchev–Trinajstić information content (AvgIpc) is 3.35. The van der Waals surface area contributed by atoms with Crippen molar-refractivity contribution in [2.24, 2.45) is 21.3 Å². The van der Waals surface area contributed by atoms with Crippen LogP contribution >= 0.6 is 0 Å². The number of carbonyl (C=O) groups excluding carboxylic acids is 1. The molecule has 6 rings (SSSR count). The van der Waals surface area contributed by atoms with E-state index in [1.165, 1.54) is 6.20 Å². The summed E-state index contributed by atoms with van der Waals surface area (Å²) in [6.45, 7) is 3.14. The smallest absolute Gasteiger partial charge is 0.354 e. The lowest BCUT2D eigenvalue weighted by Gasteiger charge is -2.40. The highest BCUT2D eigenvalue weighted by Gasteiger charge is 2.39. The van der Waals surface area contributed by atoms with Gasteiger partial charge in [-0.2, -0.15) is 5.10 Å². The van der Waals surface area contributed by atoms with E-state index in [2.05, 4.69) is 14.8 Å². The van der Waals surface area contributed by atoms with Crippen LogP contribution in [0.15, 0.2) is 15.5 Å². The number of hydrogen-bond acceptors (Lipinski definition) is 6.